The number of benzene rings is 1. The minimum atomic E-state index is -0.180. The second-order valence-electron chi connectivity index (χ2n) is 8.06. The van der Waals surface area contributed by atoms with Crippen LogP contribution in [0.1, 0.15) is 51.9 Å². The molecule has 2 aliphatic rings. The van der Waals surface area contributed by atoms with Crippen LogP contribution in [0.25, 0.3) is 0 Å². The molecule has 1 amide bonds. The van der Waals surface area contributed by atoms with Crippen molar-refractivity contribution in [2.24, 2.45) is 4.99 Å². The smallest absolute Gasteiger partial charge is 0.246 e. The van der Waals surface area contributed by atoms with Gasteiger partial charge in [0, 0.05) is 30.9 Å². The summed E-state index contributed by atoms with van der Waals surface area (Å²) in [5.41, 5.74) is 0.649. The van der Waals surface area contributed by atoms with E-state index in [0.717, 1.165) is 25.6 Å². The molecule has 1 saturated heterocycles. The molecule has 0 bridgehead atoms. The summed E-state index contributed by atoms with van der Waals surface area (Å²) >= 11 is 0. The lowest BCUT2D eigenvalue weighted by atomic mass is 9.92. The largest absolute Gasteiger partial charge is 0.508 e. The van der Waals surface area contributed by atoms with Gasteiger partial charge in [-0.3, -0.25) is 9.69 Å². The van der Waals surface area contributed by atoms with Gasteiger partial charge < -0.3 is 21.1 Å². The Balaban J connectivity index is 1.51. The minimum Gasteiger partial charge on any atom is -0.508 e. The summed E-state index contributed by atoms with van der Waals surface area (Å²) in [4.78, 5) is 19.3. The Hall–Kier alpha value is -2.28. The van der Waals surface area contributed by atoms with Crippen LogP contribution in [0.5, 0.6) is 5.75 Å². The number of carbonyl (C=O) groups is 1. The van der Waals surface area contributed by atoms with Crippen LogP contribution in [0.3, 0.4) is 0 Å². The van der Waals surface area contributed by atoms with Gasteiger partial charge in [0.05, 0.1) is 0 Å². The van der Waals surface area contributed by atoms with E-state index in [1.54, 1.807) is 24.3 Å². The predicted octanol–water partition coefficient (Wildman–Crippen LogP) is 2.68. The molecule has 7 nitrogen and oxygen atoms in total. The van der Waals surface area contributed by atoms with E-state index in [1.165, 1.54) is 45.1 Å². The van der Waals surface area contributed by atoms with E-state index in [4.69, 9.17) is 0 Å². The van der Waals surface area contributed by atoms with Crippen molar-refractivity contribution in [2.75, 3.05) is 31.5 Å². The molecule has 1 atom stereocenters. The van der Waals surface area contributed by atoms with Crippen LogP contribution in [0, 0.1) is 0 Å². The quantitative estimate of drug-likeness (QED) is 0.334. The van der Waals surface area contributed by atoms with Crippen molar-refractivity contribution in [3.63, 3.8) is 0 Å². The molecule has 0 aromatic heterocycles. The third kappa shape index (κ3) is 6.92. The summed E-state index contributed by atoms with van der Waals surface area (Å²) < 4.78 is 0. The van der Waals surface area contributed by atoms with Crippen molar-refractivity contribution in [2.45, 2.75) is 64.0 Å². The highest BCUT2D eigenvalue weighted by Gasteiger charge is 2.27. The van der Waals surface area contributed by atoms with Crippen LogP contribution in [0.15, 0.2) is 29.3 Å². The van der Waals surface area contributed by atoms with Gasteiger partial charge in [-0.05, 0) is 63.4 Å². The minimum absolute atomic E-state index is 0.0509. The zero-order chi connectivity index (χ0) is 20.5. The molecule has 7 heteroatoms. The normalized spacial score (nSPS) is 21.6. The fourth-order valence-electron chi connectivity index (χ4n) is 4.31. The van der Waals surface area contributed by atoms with Gasteiger partial charge in [-0.25, -0.2) is 4.99 Å². The van der Waals surface area contributed by atoms with Gasteiger partial charge in [0.25, 0.3) is 0 Å². The first-order valence-electron chi connectivity index (χ1n) is 11.0. The molecule has 3 rings (SSSR count). The van der Waals surface area contributed by atoms with Crippen molar-refractivity contribution < 1.29 is 9.90 Å². The molecule has 29 heavy (non-hydrogen) atoms. The molecule has 160 valence electrons. The molecule has 1 aromatic rings. The number of hydrogen-bond donors (Lipinski definition) is 4. The van der Waals surface area contributed by atoms with E-state index in [9.17, 15) is 9.90 Å². The van der Waals surface area contributed by atoms with Crippen molar-refractivity contribution in [1.29, 1.82) is 0 Å². The summed E-state index contributed by atoms with van der Waals surface area (Å²) in [6, 6.07) is 7.54. The van der Waals surface area contributed by atoms with Gasteiger partial charge in [-0.2, -0.15) is 0 Å². The second-order valence-corrected chi connectivity index (χ2v) is 8.06. The van der Waals surface area contributed by atoms with Crippen LogP contribution in [-0.4, -0.2) is 60.1 Å². The first-order chi connectivity index (χ1) is 14.1. The molecule has 2 fully saturated rings. The van der Waals surface area contributed by atoms with E-state index in [-0.39, 0.29) is 18.2 Å². The highest BCUT2D eigenvalue weighted by atomic mass is 16.3. The lowest BCUT2D eigenvalue weighted by molar-refractivity contribution is -0.114. The van der Waals surface area contributed by atoms with Crippen LogP contribution in [0.2, 0.25) is 0 Å². The highest BCUT2D eigenvalue weighted by molar-refractivity contribution is 5.94. The molecule has 1 unspecified atom stereocenters. The number of nitrogens with zero attached hydrogens (tertiary/aromatic N) is 2. The van der Waals surface area contributed by atoms with Crippen LogP contribution >= 0.6 is 0 Å². The number of nitrogens with one attached hydrogen (secondary N) is 3. The van der Waals surface area contributed by atoms with Crippen LogP contribution in [0.4, 0.5) is 5.69 Å². The average Bonchev–Trinajstić information content (AvgIpc) is 2.75. The summed E-state index contributed by atoms with van der Waals surface area (Å²) in [6.45, 7) is 5.09. The van der Waals surface area contributed by atoms with E-state index in [1.807, 2.05) is 6.92 Å². The third-order valence-corrected chi connectivity index (χ3v) is 5.76. The number of carbonyl (C=O) groups excluding carboxylic acids is 1. The lowest BCUT2D eigenvalue weighted by Crippen LogP contribution is -2.53. The third-order valence-electron chi connectivity index (χ3n) is 5.76. The predicted molar refractivity (Wildman–Crippen MR) is 117 cm³/mol. The van der Waals surface area contributed by atoms with Gasteiger partial charge in [-0.1, -0.05) is 19.3 Å². The molecule has 1 aromatic carbocycles. The number of piperidine rings is 1. The van der Waals surface area contributed by atoms with Crippen molar-refractivity contribution >= 4 is 17.6 Å². The first kappa shape index (κ1) is 21.4. The number of amides is 1. The van der Waals surface area contributed by atoms with Crippen molar-refractivity contribution in [3.8, 4) is 5.75 Å². The number of guanidine groups is 1. The summed E-state index contributed by atoms with van der Waals surface area (Å²) in [5.74, 6) is 0.693. The first-order valence-corrected chi connectivity index (χ1v) is 11.0. The SMILES string of the molecule is CCNC(=NCC(=O)Nc1ccc(O)cc1)NC1CCCN(C2CCCCC2)C1. The van der Waals surface area contributed by atoms with Crippen molar-refractivity contribution in [3.05, 3.63) is 24.3 Å². The second kappa shape index (κ2) is 11.0. The number of aromatic hydroxyl groups is 1. The molecule has 4 N–H and O–H groups in total. The standard InChI is InChI=1S/C22H35N5O2/c1-2-23-22(24-15-21(29)25-17-10-12-20(28)13-11-17)26-18-7-6-14-27(16-18)19-8-4-3-5-9-19/h10-13,18-19,28H,2-9,14-16H2,1H3,(H,25,29)(H2,23,24,26). The molecule has 1 saturated carbocycles. The van der Waals surface area contributed by atoms with Gasteiger partial charge in [0.2, 0.25) is 5.91 Å². The molecule has 0 radical (unpaired) electrons. The molecule has 1 heterocycles. The Morgan fingerprint density at radius 2 is 1.90 bits per heavy atom. The highest BCUT2D eigenvalue weighted by Crippen LogP contribution is 2.25. The number of likely N-dealkylation sites (tertiary alicyclic amines) is 1. The summed E-state index contributed by atoms with van der Waals surface area (Å²) in [7, 11) is 0. The molecule has 0 spiro atoms. The average molecular weight is 402 g/mol. The van der Waals surface area contributed by atoms with Crippen molar-refractivity contribution in [1.82, 2.24) is 15.5 Å². The zero-order valence-electron chi connectivity index (χ0n) is 17.5. The monoisotopic (exact) mass is 401 g/mol. The van der Waals surface area contributed by atoms with Gasteiger partial charge in [0.15, 0.2) is 5.96 Å². The molecule has 1 aliphatic carbocycles. The number of hydrogen-bond acceptors (Lipinski definition) is 4. The fraction of sp³-hybridized carbons (Fsp3) is 0.636. The van der Waals surface area contributed by atoms with Gasteiger partial charge in [0.1, 0.15) is 12.3 Å². The Morgan fingerprint density at radius 1 is 1.14 bits per heavy atom. The van der Waals surface area contributed by atoms with E-state index in [0.29, 0.717) is 17.7 Å². The van der Waals surface area contributed by atoms with Gasteiger partial charge >= 0.3 is 0 Å². The molecule has 1 aliphatic heterocycles. The van der Waals surface area contributed by atoms with Gasteiger partial charge in [-0.15, -0.1) is 0 Å². The number of anilines is 1. The lowest BCUT2D eigenvalue weighted by Gasteiger charge is -2.40. The van der Waals surface area contributed by atoms with E-state index < -0.39 is 0 Å². The maximum Gasteiger partial charge on any atom is 0.246 e. The zero-order valence-corrected chi connectivity index (χ0v) is 17.5. The number of rotatable bonds is 6. The Kier molecular flexibility index (Phi) is 8.16. The Labute approximate surface area is 174 Å². The molecular weight excluding hydrogens is 366 g/mol. The van der Waals surface area contributed by atoms with Crippen LogP contribution < -0.4 is 16.0 Å². The Morgan fingerprint density at radius 3 is 2.62 bits per heavy atom. The summed E-state index contributed by atoms with van der Waals surface area (Å²) in [5, 5.41) is 18.9. The number of phenols is 1. The number of phenolic OH excluding ortho intramolecular Hbond substituents is 1. The maximum absolute atomic E-state index is 12.2. The topological polar surface area (TPSA) is 89.0 Å². The molecular formula is C22H35N5O2. The Bertz CT molecular complexity index is 670. The van der Waals surface area contributed by atoms with Crippen LogP contribution in [-0.2, 0) is 4.79 Å². The summed E-state index contributed by atoms with van der Waals surface area (Å²) in [6.07, 6.45) is 9.10. The fourth-order valence-corrected chi connectivity index (χ4v) is 4.31. The van der Waals surface area contributed by atoms with E-state index >= 15 is 0 Å². The van der Waals surface area contributed by atoms with E-state index in [2.05, 4.69) is 25.8 Å². The maximum atomic E-state index is 12.2. The number of aliphatic imine (C=N–C) groups is 1.